The van der Waals surface area contributed by atoms with Gasteiger partial charge in [-0.2, -0.15) is 0 Å². The molecule has 35 heavy (non-hydrogen) atoms. The normalized spacial score (nSPS) is 11.3. The molecule has 0 radical (unpaired) electrons. The summed E-state index contributed by atoms with van der Waals surface area (Å²) in [5.41, 5.74) is 0.882. The molecule has 0 saturated heterocycles. The van der Waals surface area contributed by atoms with E-state index in [1.165, 1.54) is 18.4 Å². The lowest BCUT2D eigenvalue weighted by Crippen LogP contribution is -2.20. The molecular formula is C26H28N4O4S. The first-order valence-electron chi connectivity index (χ1n) is 11.2. The van der Waals surface area contributed by atoms with Crippen LogP contribution < -0.4 is 15.4 Å². The van der Waals surface area contributed by atoms with Crippen molar-refractivity contribution in [3.05, 3.63) is 70.9 Å². The molecule has 0 aliphatic rings. The third-order valence-electron chi connectivity index (χ3n) is 5.39. The Morgan fingerprint density at radius 2 is 1.80 bits per heavy atom. The molecule has 0 aliphatic carbocycles. The van der Waals surface area contributed by atoms with Crippen molar-refractivity contribution in [3.63, 3.8) is 0 Å². The van der Waals surface area contributed by atoms with Gasteiger partial charge in [-0.1, -0.05) is 45.0 Å². The maximum absolute atomic E-state index is 12.9. The molecule has 182 valence electrons. The SMILES string of the molecule is COC(=O)c1sc(C(C)(C)C)cc1NC(=O)Nc1ccc(OCCn2ccnc2)c2ccccc12. The number of nitrogens with zero attached hydrogens (tertiary/aromatic N) is 2. The summed E-state index contributed by atoms with van der Waals surface area (Å²) < 4.78 is 12.9. The Balaban J connectivity index is 1.52. The summed E-state index contributed by atoms with van der Waals surface area (Å²) in [6, 6.07) is 12.7. The molecular weight excluding hydrogens is 464 g/mol. The first-order chi connectivity index (χ1) is 16.8. The van der Waals surface area contributed by atoms with Crippen molar-refractivity contribution in [1.82, 2.24) is 9.55 Å². The molecule has 2 aromatic heterocycles. The van der Waals surface area contributed by atoms with Crippen LogP contribution in [-0.2, 0) is 16.7 Å². The minimum Gasteiger partial charge on any atom is -0.491 e. The molecule has 0 unspecified atom stereocenters. The number of fused-ring (bicyclic) bond motifs is 1. The number of hydrogen-bond donors (Lipinski definition) is 2. The summed E-state index contributed by atoms with van der Waals surface area (Å²) in [7, 11) is 1.33. The summed E-state index contributed by atoms with van der Waals surface area (Å²) >= 11 is 1.32. The zero-order valence-corrected chi connectivity index (χ0v) is 20.9. The number of benzene rings is 2. The molecule has 0 bridgehead atoms. The molecule has 8 nitrogen and oxygen atoms in total. The van der Waals surface area contributed by atoms with Gasteiger partial charge in [-0.05, 0) is 23.6 Å². The van der Waals surface area contributed by atoms with Crippen molar-refractivity contribution in [3.8, 4) is 5.75 Å². The van der Waals surface area contributed by atoms with Crippen LogP contribution in [-0.4, -0.2) is 35.3 Å². The molecule has 4 aromatic rings. The number of methoxy groups -OCH3 is 1. The van der Waals surface area contributed by atoms with Crippen LogP contribution in [0.2, 0.25) is 0 Å². The van der Waals surface area contributed by atoms with Crippen LogP contribution in [0.1, 0.15) is 35.3 Å². The Morgan fingerprint density at radius 3 is 2.49 bits per heavy atom. The summed E-state index contributed by atoms with van der Waals surface area (Å²) in [6.07, 6.45) is 5.36. The number of imidazole rings is 1. The van der Waals surface area contributed by atoms with Crippen LogP contribution in [0.15, 0.2) is 61.2 Å². The highest BCUT2D eigenvalue weighted by Gasteiger charge is 2.24. The molecule has 0 saturated carbocycles. The van der Waals surface area contributed by atoms with Crippen LogP contribution >= 0.6 is 11.3 Å². The Kier molecular flexibility index (Phi) is 7.07. The van der Waals surface area contributed by atoms with E-state index in [-0.39, 0.29) is 5.41 Å². The summed E-state index contributed by atoms with van der Waals surface area (Å²) in [5.74, 6) is 0.246. The monoisotopic (exact) mass is 492 g/mol. The van der Waals surface area contributed by atoms with E-state index in [1.807, 2.05) is 53.2 Å². The molecule has 2 aromatic carbocycles. The van der Waals surface area contributed by atoms with E-state index in [9.17, 15) is 9.59 Å². The molecule has 4 rings (SSSR count). The number of amides is 2. The van der Waals surface area contributed by atoms with Gasteiger partial charge in [-0.3, -0.25) is 0 Å². The number of carbonyl (C=O) groups is 2. The van der Waals surface area contributed by atoms with Gasteiger partial charge in [0.25, 0.3) is 0 Å². The maximum Gasteiger partial charge on any atom is 0.350 e. The predicted molar refractivity (Wildman–Crippen MR) is 139 cm³/mol. The van der Waals surface area contributed by atoms with E-state index in [0.29, 0.717) is 29.4 Å². The minimum absolute atomic E-state index is 0.173. The number of rotatable bonds is 7. The largest absolute Gasteiger partial charge is 0.491 e. The molecule has 0 atom stereocenters. The number of urea groups is 1. The average Bonchev–Trinajstić information content (AvgIpc) is 3.50. The zero-order valence-electron chi connectivity index (χ0n) is 20.1. The van der Waals surface area contributed by atoms with Crippen molar-refractivity contribution >= 4 is 45.5 Å². The van der Waals surface area contributed by atoms with E-state index in [1.54, 1.807) is 12.5 Å². The molecule has 9 heteroatoms. The van der Waals surface area contributed by atoms with Gasteiger partial charge in [0.05, 0.1) is 31.4 Å². The second kappa shape index (κ2) is 10.2. The quantitative estimate of drug-likeness (QED) is 0.313. The molecule has 2 N–H and O–H groups in total. The smallest absolute Gasteiger partial charge is 0.350 e. The number of hydrogen-bond acceptors (Lipinski definition) is 6. The summed E-state index contributed by atoms with van der Waals surface area (Å²) in [5, 5.41) is 7.45. The first-order valence-corrected chi connectivity index (χ1v) is 12.0. The lowest BCUT2D eigenvalue weighted by molar-refractivity contribution is 0.0607. The van der Waals surface area contributed by atoms with Crippen molar-refractivity contribution in [1.29, 1.82) is 0 Å². The van der Waals surface area contributed by atoms with Gasteiger partial charge in [0.15, 0.2) is 0 Å². The van der Waals surface area contributed by atoms with Crippen molar-refractivity contribution < 1.29 is 19.1 Å². The highest BCUT2D eigenvalue weighted by Crippen LogP contribution is 2.36. The first kappa shape index (κ1) is 24.3. The Morgan fingerprint density at radius 1 is 1.06 bits per heavy atom. The Hall–Kier alpha value is -3.85. The Labute approximate surface area is 207 Å². The van der Waals surface area contributed by atoms with Gasteiger partial charge in [-0.15, -0.1) is 11.3 Å². The van der Waals surface area contributed by atoms with Crippen LogP contribution in [0.5, 0.6) is 5.75 Å². The van der Waals surface area contributed by atoms with E-state index in [2.05, 4.69) is 36.4 Å². The molecule has 0 aliphatic heterocycles. The Bertz CT molecular complexity index is 1340. The third-order valence-corrected chi connectivity index (χ3v) is 6.93. The summed E-state index contributed by atoms with van der Waals surface area (Å²) in [4.78, 5) is 30.6. The number of thiophene rings is 1. The third kappa shape index (κ3) is 5.63. The minimum atomic E-state index is -0.483. The van der Waals surface area contributed by atoms with E-state index in [0.717, 1.165) is 21.4 Å². The fraction of sp³-hybridized carbons (Fsp3) is 0.269. The summed E-state index contributed by atoms with van der Waals surface area (Å²) in [6.45, 7) is 7.31. The van der Waals surface area contributed by atoms with E-state index in [4.69, 9.17) is 9.47 Å². The van der Waals surface area contributed by atoms with Gasteiger partial charge in [-0.25, -0.2) is 14.6 Å². The standard InChI is InChI=1S/C26H28N4O4S/c1-26(2,3)22-15-20(23(35-22)24(31)33-4)29-25(32)28-19-9-10-21(18-8-6-5-7-17(18)19)34-14-13-30-12-11-27-16-30/h5-12,15-16H,13-14H2,1-4H3,(H2,28,29,32). The average molecular weight is 493 g/mol. The molecule has 0 fully saturated rings. The maximum atomic E-state index is 12.9. The van der Waals surface area contributed by atoms with Gasteiger partial charge in [0.1, 0.15) is 17.2 Å². The van der Waals surface area contributed by atoms with E-state index >= 15 is 0 Å². The number of ether oxygens (including phenoxy) is 2. The van der Waals surface area contributed by atoms with Crippen LogP contribution in [0.4, 0.5) is 16.2 Å². The van der Waals surface area contributed by atoms with Crippen molar-refractivity contribution in [2.75, 3.05) is 24.4 Å². The van der Waals surface area contributed by atoms with Crippen molar-refractivity contribution in [2.24, 2.45) is 0 Å². The highest BCUT2D eigenvalue weighted by molar-refractivity contribution is 7.14. The fourth-order valence-corrected chi connectivity index (χ4v) is 4.65. The van der Waals surface area contributed by atoms with Crippen molar-refractivity contribution in [2.45, 2.75) is 32.7 Å². The van der Waals surface area contributed by atoms with Gasteiger partial charge >= 0.3 is 12.0 Å². The highest BCUT2D eigenvalue weighted by atomic mass is 32.1. The molecule has 2 heterocycles. The second-order valence-electron chi connectivity index (χ2n) is 8.98. The molecule has 2 amide bonds. The van der Waals surface area contributed by atoms with Gasteiger partial charge in [0, 0.05) is 28.0 Å². The van der Waals surface area contributed by atoms with Crippen LogP contribution in [0.25, 0.3) is 10.8 Å². The lowest BCUT2D eigenvalue weighted by Gasteiger charge is -2.15. The van der Waals surface area contributed by atoms with Gasteiger partial charge < -0.3 is 24.7 Å². The van der Waals surface area contributed by atoms with Crippen LogP contribution in [0.3, 0.4) is 0 Å². The number of aromatic nitrogens is 2. The van der Waals surface area contributed by atoms with Gasteiger partial charge in [0.2, 0.25) is 0 Å². The predicted octanol–water partition coefficient (Wildman–Crippen LogP) is 5.90. The van der Waals surface area contributed by atoms with E-state index < -0.39 is 12.0 Å². The van der Waals surface area contributed by atoms with Crippen LogP contribution in [0, 0.1) is 0 Å². The molecule has 0 spiro atoms. The number of anilines is 2. The fourth-order valence-electron chi connectivity index (χ4n) is 3.56. The lowest BCUT2D eigenvalue weighted by atomic mass is 9.94. The number of esters is 1. The second-order valence-corrected chi connectivity index (χ2v) is 10.0. The topological polar surface area (TPSA) is 94.5 Å². The number of carbonyl (C=O) groups excluding carboxylic acids is 2. The number of nitrogens with one attached hydrogen (secondary N) is 2. The zero-order chi connectivity index (χ0) is 25.0.